The maximum absolute atomic E-state index is 14.1. The van der Waals surface area contributed by atoms with E-state index in [4.69, 9.17) is 19.2 Å². The number of rotatable bonds is 15. The molecule has 8 atom stereocenters. The summed E-state index contributed by atoms with van der Waals surface area (Å²) in [5.41, 5.74) is 7.82. The van der Waals surface area contributed by atoms with E-state index in [1.54, 1.807) is 11.5 Å². The predicted octanol–water partition coefficient (Wildman–Crippen LogP) is 10.5. The number of amides is 1. The smallest absolute Gasteiger partial charge is 0.415 e. The van der Waals surface area contributed by atoms with Gasteiger partial charge in [0.25, 0.3) is 5.56 Å². The summed E-state index contributed by atoms with van der Waals surface area (Å²) in [7, 11) is 6.13. The number of benzene rings is 2. The van der Waals surface area contributed by atoms with E-state index in [1.165, 1.54) is 29.2 Å². The number of allylic oxidation sites excluding steroid dienone is 4. The van der Waals surface area contributed by atoms with Gasteiger partial charge in [0.15, 0.2) is 17.2 Å². The maximum atomic E-state index is 14.1. The number of nitrogens with zero attached hydrogens (tertiary/aromatic N) is 6. The van der Waals surface area contributed by atoms with Crippen molar-refractivity contribution in [1.29, 1.82) is 0 Å². The third kappa shape index (κ3) is 9.76. The first-order valence-corrected chi connectivity index (χ1v) is 29.8. The van der Waals surface area contributed by atoms with Crippen LogP contribution in [0.25, 0.3) is 22.3 Å². The van der Waals surface area contributed by atoms with Gasteiger partial charge in [-0.2, -0.15) is 0 Å². The highest BCUT2D eigenvalue weighted by Crippen LogP contribution is 2.68. The number of pyridine rings is 2. The van der Waals surface area contributed by atoms with Crippen LogP contribution in [0.5, 0.6) is 5.75 Å². The monoisotopic (exact) mass is 1100 g/mol. The van der Waals surface area contributed by atoms with Crippen molar-refractivity contribution in [3.8, 4) is 17.1 Å². The quantitative estimate of drug-likeness (QED) is 0.0779. The Hall–Kier alpha value is -6.42. The average molecular weight is 1100 g/mol. The molecular formula is C66H82N6O9. The SMILES string of the molecule is C=C1OCc2c(cc3n(c2=O)Cc2cc4c(CN(C)C)c(OC(=O)N5C[C@H](C)N(CCCCCCN(C)c6ccc([C@H]7C[C@@]8(C)[C@@H](CC[C@]8(OC(C)=O)C(C)=O)[C@@H]8CCC9=CC(=O)CCC9=C87)cc6)C[C@H]5C)ccc4nc2-3)[C@@]1(O)CC. The Morgan fingerprint density at radius 2 is 1.70 bits per heavy atom. The number of aromatic nitrogens is 2. The van der Waals surface area contributed by atoms with Crippen molar-refractivity contribution in [2.24, 2.45) is 17.3 Å². The fraction of sp³-hybridized carbons (Fsp3) is 0.545. The van der Waals surface area contributed by atoms with Crippen molar-refractivity contribution in [2.45, 2.75) is 167 Å². The molecule has 11 rings (SSSR count). The second-order valence-corrected chi connectivity index (χ2v) is 25.2. The van der Waals surface area contributed by atoms with Crippen LogP contribution in [0.2, 0.25) is 0 Å². The zero-order valence-corrected chi connectivity index (χ0v) is 49.1. The Morgan fingerprint density at radius 3 is 2.43 bits per heavy atom. The summed E-state index contributed by atoms with van der Waals surface area (Å²) in [6.45, 7) is 19.4. The summed E-state index contributed by atoms with van der Waals surface area (Å²) in [6.07, 6.45) is 11.4. The van der Waals surface area contributed by atoms with Crippen LogP contribution in [0.1, 0.15) is 152 Å². The summed E-state index contributed by atoms with van der Waals surface area (Å²) in [6, 6.07) is 16.8. The van der Waals surface area contributed by atoms with Gasteiger partial charge in [-0.3, -0.25) is 24.1 Å². The first-order chi connectivity index (χ1) is 38.7. The maximum Gasteiger partial charge on any atom is 0.415 e. The molecule has 0 bridgehead atoms. The van der Waals surface area contributed by atoms with Crippen LogP contribution in [0, 0.1) is 17.3 Å². The van der Waals surface area contributed by atoms with Gasteiger partial charge >= 0.3 is 12.1 Å². The number of unbranched alkanes of at least 4 members (excludes halogenated alkanes) is 3. The number of carbonyl (C=O) groups excluding carboxylic acids is 4. The molecule has 1 amide bonds. The van der Waals surface area contributed by atoms with Crippen LogP contribution in [-0.2, 0) is 49.2 Å². The molecule has 4 aliphatic carbocycles. The summed E-state index contributed by atoms with van der Waals surface area (Å²) in [5.74, 6) is 1.04. The summed E-state index contributed by atoms with van der Waals surface area (Å²) >= 11 is 0. The zero-order valence-electron chi connectivity index (χ0n) is 49.1. The van der Waals surface area contributed by atoms with E-state index in [9.17, 15) is 29.1 Å². The number of hydrogen-bond donors (Lipinski definition) is 1. The van der Waals surface area contributed by atoms with Gasteiger partial charge in [-0.1, -0.05) is 51.0 Å². The minimum Gasteiger partial charge on any atom is -0.490 e. The largest absolute Gasteiger partial charge is 0.490 e. The predicted molar refractivity (Wildman–Crippen MR) is 313 cm³/mol. The minimum atomic E-state index is -1.47. The fourth-order valence-corrected chi connectivity index (χ4v) is 15.8. The number of ketones is 2. The molecule has 3 aliphatic heterocycles. The van der Waals surface area contributed by atoms with Gasteiger partial charge in [-0.05, 0) is 170 Å². The van der Waals surface area contributed by atoms with E-state index in [2.05, 4.69) is 74.5 Å². The molecule has 1 N–H and O–H groups in total. The number of fused-ring (bicyclic) bond motifs is 9. The molecule has 5 heterocycles. The standard InChI is InChI=1S/C66H82N6O9/c1-11-65(78)42(5)79-38-54-56(65)32-58-61-46(36-72(58)62(54)76)31-51-53(37-68(8)9)59(25-24-57(51)67-61)80-63(77)71-35-39(2)70(34-40(71)3)29-15-13-12-14-28-69(10)47-19-16-44(17-20-47)52-33-64(7)55(26-27-66(64,41(4)73)81-43(6)74)50-22-18-45-30-48(75)21-23-49(45)60(50)52/h16-17,19-20,24-25,30-32,39-40,50,52,55,78H,5,11-15,18,21-23,26-29,33-38H2,1-4,6-10H3/t39-,40+,50-,52+,55-,64-,65+,66-/m0/s1. The van der Waals surface area contributed by atoms with Crippen molar-refractivity contribution < 1.29 is 38.5 Å². The number of aliphatic hydroxyl groups is 1. The number of carbonyl (C=O) groups is 4. The lowest BCUT2D eigenvalue weighted by Gasteiger charge is -2.55. The molecule has 2 aromatic carbocycles. The number of anilines is 1. The van der Waals surface area contributed by atoms with Crippen molar-refractivity contribution in [3.05, 3.63) is 122 Å². The van der Waals surface area contributed by atoms with E-state index in [0.29, 0.717) is 67.2 Å². The van der Waals surface area contributed by atoms with Crippen molar-refractivity contribution in [3.63, 3.8) is 0 Å². The Balaban J connectivity index is 0.693. The van der Waals surface area contributed by atoms with Crippen molar-refractivity contribution >= 4 is 40.2 Å². The molecule has 0 spiro atoms. The second-order valence-electron chi connectivity index (χ2n) is 25.2. The molecule has 2 aromatic heterocycles. The van der Waals surface area contributed by atoms with Crippen LogP contribution < -0.4 is 15.2 Å². The Bertz CT molecular complexity index is 3360. The average Bonchev–Trinajstić information content (AvgIpc) is 2.27. The molecule has 0 unspecified atom stereocenters. The molecule has 15 nitrogen and oxygen atoms in total. The molecule has 15 heteroatoms. The van der Waals surface area contributed by atoms with E-state index >= 15 is 0 Å². The first kappa shape index (κ1) is 56.4. The van der Waals surface area contributed by atoms with Gasteiger partial charge in [0.05, 0.1) is 29.0 Å². The van der Waals surface area contributed by atoms with Gasteiger partial charge in [0.2, 0.25) is 0 Å². The van der Waals surface area contributed by atoms with Gasteiger partial charge in [0, 0.05) is 97.8 Å². The Morgan fingerprint density at radius 1 is 0.938 bits per heavy atom. The molecule has 2 saturated carbocycles. The fourth-order valence-electron chi connectivity index (χ4n) is 15.8. The van der Waals surface area contributed by atoms with E-state index in [-0.39, 0.29) is 65.4 Å². The van der Waals surface area contributed by atoms with Gasteiger partial charge in [-0.15, -0.1) is 0 Å². The normalized spacial score (nSPS) is 27.7. The highest BCUT2D eigenvalue weighted by molar-refractivity contribution is 5.93. The third-order valence-electron chi connectivity index (χ3n) is 20.1. The van der Waals surface area contributed by atoms with Crippen LogP contribution in [-0.4, -0.2) is 118 Å². The Labute approximate surface area is 477 Å². The van der Waals surface area contributed by atoms with Gasteiger partial charge in [0.1, 0.15) is 23.7 Å². The van der Waals surface area contributed by atoms with Crippen molar-refractivity contribution in [2.75, 3.05) is 52.2 Å². The lowest BCUT2D eigenvalue weighted by molar-refractivity contribution is -0.182. The van der Waals surface area contributed by atoms with Crippen LogP contribution >= 0.6 is 0 Å². The molecule has 4 aromatic rings. The number of hydrogen-bond acceptors (Lipinski definition) is 13. The van der Waals surface area contributed by atoms with E-state index in [0.717, 1.165) is 105 Å². The molecule has 3 fully saturated rings. The highest BCUT2D eigenvalue weighted by atomic mass is 16.6. The summed E-state index contributed by atoms with van der Waals surface area (Å²) in [5, 5.41) is 12.4. The summed E-state index contributed by atoms with van der Waals surface area (Å²) in [4.78, 5) is 80.8. The first-order valence-electron chi connectivity index (χ1n) is 29.8. The number of piperazine rings is 1. The van der Waals surface area contributed by atoms with Crippen molar-refractivity contribution in [1.82, 2.24) is 24.3 Å². The molecule has 7 aliphatic rings. The lowest BCUT2D eigenvalue weighted by Crippen LogP contribution is -2.58. The number of ether oxygens (including phenoxy) is 3. The zero-order chi connectivity index (χ0) is 57.4. The summed E-state index contributed by atoms with van der Waals surface area (Å²) < 4.78 is 19.9. The van der Waals surface area contributed by atoms with Gasteiger partial charge < -0.3 is 38.6 Å². The van der Waals surface area contributed by atoms with Crippen LogP contribution in [0.4, 0.5) is 10.5 Å². The number of esters is 1. The highest BCUT2D eigenvalue weighted by Gasteiger charge is 2.67. The molecular weight excluding hydrogens is 1020 g/mol. The van der Waals surface area contributed by atoms with E-state index in [1.807, 2.05) is 55.1 Å². The van der Waals surface area contributed by atoms with Gasteiger partial charge in [-0.25, -0.2) is 9.78 Å². The third-order valence-corrected chi connectivity index (χ3v) is 20.1. The number of Topliss-reactive ketones (excluding diaryl/α,β-unsaturated/α-hetero) is 1. The molecule has 0 radical (unpaired) electrons. The molecule has 1 saturated heterocycles. The van der Waals surface area contributed by atoms with Crippen LogP contribution in [0.3, 0.4) is 0 Å². The molecule has 430 valence electrons. The topological polar surface area (TPSA) is 164 Å². The second kappa shape index (κ2) is 21.7. The molecule has 81 heavy (non-hydrogen) atoms. The minimum absolute atomic E-state index is 0.0450. The Kier molecular flexibility index (Phi) is 15.1. The van der Waals surface area contributed by atoms with Crippen LogP contribution in [0.15, 0.2) is 88.5 Å². The van der Waals surface area contributed by atoms with E-state index < -0.39 is 22.6 Å². The lowest BCUT2D eigenvalue weighted by atomic mass is 9.50.